The Morgan fingerprint density at radius 3 is 2.55 bits per heavy atom. The van der Waals surface area contributed by atoms with E-state index in [0.29, 0.717) is 5.56 Å². The number of anilines is 1. The molecule has 1 unspecified atom stereocenters. The molecule has 1 aliphatic heterocycles. The van der Waals surface area contributed by atoms with E-state index in [1.807, 2.05) is 0 Å². The number of aliphatic hydroxyl groups is 3. The van der Waals surface area contributed by atoms with Crippen LogP contribution >= 0.6 is 0 Å². The zero-order valence-corrected chi connectivity index (χ0v) is 16.1. The number of nitrogens with one attached hydrogen (secondary N) is 1. The van der Waals surface area contributed by atoms with Crippen LogP contribution in [0, 0.1) is 0 Å². The molecule has 0 spiro atoms. The van der Waals surface area contributed by atoms with Crippen LogP contribution in [0.4, 0.5) is 5.82 Å². The Bertz CT molecular complexity index is 1070. The molecule has 0 radical (unpaired) electrons. The van der Waals surface area contributed by atoms with Crippen LogP contribution in [0.2, 0.25) is 0 Å². The van der Waals surface area contributed by atoms with Gasteiger partial charge in [0.1, 0.15) is 36.4 Å². The number of aromatic nitrogens is 4. The van der Waals surface area contributed by atoms with Crippen LogP contribution in [0.15, 0.2) is 36.9 Å². The molecule has 0 amide bonds. The number of hydrogen-bond acceptors (Lipinski definition) is 10. The van der Waals surface area contributed by atoms with E-state index < -0.39 is 43.2 Å². The van der Waals surface area contributed by atoms with Gasteiger partial charge in [0.05, 0.1) is 12.9 Å². The summed E-state index contributed by atoms with van der Waals surface area (Å²) in [6.45, 7) is -0.472. The Kier molecular flexibility index (Phi) is 5.69. The Morgan fingerprint density at radius 1 is 1.16 bits per heavy atom. The van der Waals surface area contributed by atoms with Crippen molar-refractivity contribution in [3.8, 4) is 5.75 Å². The normalized spacial score (nSPS) is 24.4. The number of imidazole rings is 1. The number of aliphatic carboxylic acids is 1. The molecule has 2 aromatic heterocycles. The van der Waals surface area contributed by atoms with E-state index in [1.54, 1.807) is 12.1 Å². The first kappa shape index (κ1) is 20.9. The van der Waals surface area contributed by atoms with Gasteiger partial charge in [0, 0.05) is 6.42 Å². The Hall–Kier alpha value is -3.32. The number of nitrogens with zero attached hydrogens (tertiary/aromatic N) is 4. The van der Waals surface area contributed by atoms with Gasteiger partial charge in [-0.05, 0) is 17.7 Å². The number of aliphatic hydroxyl groups excluding tert-OH is 3. The number of rotatable bonds is 7. The van der Waals surface area contributed by atoms with Gasteiger partial charge in [-0.2, -0.15) is 0 Å². The van der Waals surface area contributed by atoms with Crippen molar-refractivity contribution in [3.05, 3.63) is 42.5 Å². The van der Waals surface area contributed by atoms with Crippen LogP contribution in [0.5, 0.6) is 5.75 Å². The van der Waals surface area contributed by atoms with Crippen LogP contribution in [0.25, 0.3) is 11.2 Å². The quantitative estimate of drug-likeness (QED) is 0.277. The highest BCUT2D eigenvalue weighted by Crippen LogP contribution is 2.32. The summed E-state index contributed by atoms with van der Waals surface area (Å²) >= 11 is 0. The second kappa shape index (κ2) is 8.43. The third-order valence-electron chi connectivity index (χ3n) is 5.14. The van der Waals surface area contributed by atoms with Gasteiger partial charge in [-0.1, -0.05) is 12.1 Å². The number of phenolic OH excluding ortho intramolecular Hbond substituents is 1. The molecule has 1 fully saturated rings. The predicted molar refractivity (Wildman–Crippen MR) is 105 cm³/mol. The van der Waals surface area contributed by atoms with E-state index in [2.05, 4.69) is 20.3 Å². The SMILES string of the molecule is O=C(O)[C@H](Cc1ccc(O)cc1)Nc1ncnc2c1ncn2[C@@H]1O[C@H](CO)C(O)[C@@H]1O. The number of ether oxygens (including phenoxy) is 1. The average Bonchev–Trinajstić information content (AvgIpc) is 3.31. The molecule has 31 heavy (non-hydrogen) atoms. The van der Waals surface area contributed by atoms with Crippen LogP contribution in [0.3, 0.4) is 0 Å². The van der Waals surface area contributed by atoms with E-state index in [1.165, 1.54) is 29.4 Å². The van der Waals surface area contributed by atoms with E-state index in [-0.39, 0.29) is 29.2 Å². The van der Waals surface area contributed by atoms with E-state index >= 15 is 0 Å². The van der Waals surface area contributed by atoms with Crippen molar-refractivity contribution in [2.45, 2.75) is 37.0 Å². The molecule has 1 saturated heterocycles. The minimum atomic E-state index is -1.32. The molecule has 0 saturated carbocycles. The van der Waals surface area contributed by atoms with Gasteiger partial charge in [-0.25, -0.2) is 19.7 Å². The maximum atomic E-state index is 11.8. The first-order valence-corrected chi connectivity index (χ1v) is 9.46. The number of phenols is 1. The maximum Gasteiger partial charge on any atom is 0.326 e. The number of benzene rings is 1. The van der Waals surface area contributed by atoms with Crippen LogP contribution in [0.1, 0.15) is 11.8 Å². The monoisotopic (exact) mass is 431 g/mol. The molecule has 0 bridgehead atoms. The fourth-order valence-electron chi connectivity index (χ4n) is 3.49. The van der Waals surface area contributed by atoms with Gasteiger partial charge in [-0.3, -0.25) is 4.57 Å². The van der Waals surface area contributed by atoms with Gasteiger partial charge in [0.25, 0.3) is 0 Å². The molecule has 12 nitrogen and oxygen atoms in total. The van der Waals surface area contributed by atoms with Gasteiger partial charge in [0.2, 0.25) is 0 Å². The summed E-state index contributed by atoms with van der Waals surface area (Å²) in [5.41, 5.74) is 1.19. The zero-order valence-electron chi connectivity index (χ0n) is 16.1. The summed E-state index contributed by atoms with van der Waals surface area (Å²) in [5, 5.41) is 51.4. The number of aromatic hydroxyl groups is 1. The van der Waals surface area contributed by atoms with Crippen molar-refractivity contribution < 1.29 is 35.1 Å². The van der Waals surface area contributed by atoms with Crippen molar-refractivity contribution in [2.75, 3.05) is 11.9 Å². The van der Waals surface area contributed by atoms with Crippen molar-refractivity contribution in [1.29, 1.82) is 0 Å². The first-order chi connectivity index (χ1) is 14.9. The lowest BCUT2D eigenvalue weighted by Crippen LogP contribution is -2.33. The predicted octanol–water partition coefficient (Wildman–Crippen LogP) is -0.749. The fraction of sp³-hybridized carbons (Fsp3) is 0.368. The van der Waals surface area contributed by atoms with Crippen LogP contribution in [-0.4, -0.2) is 82.0 Å². The van der Waals surface area contributed by atoms with Crippen molar-refractivity contribution in [3.63, 3.8) is 0 Å². The van der Waals surface area contributed by atoms with Crippen LogP contribution in [-0.2, 0) is 16.0 Å². The molecule has 1 aromatic carbocycles. The smallest absolute Gasteiger partial charge is 0.326 e. The molecule has 3 aromatic rings. The fourth-order valence-corrected chi connectivity index (χ4v) is 3.49. The maximum absolute atomic E-state index is 11.8. The summed E-state index contributed by atoms with van der Waals surface area (Å²) in [5.74, 6) is -0.860. The Morgan fingerprint density at radius 2 is 1.90 bits per heavy atom. The Balaban J connectivity index is 1.61. The molecular formula is C19H21N5O7. The lowest BCUT2D eigenvalue weighted by Gasteiger charge is -2.17. The largest absolute Gasteiger partial charge is 0.508 e. The van der Waals surface area contributed by atoms with Gasteiger partial charge in [0.15, 0.2) is 23.2 Å². The second-order valence-electron chi connectivity index (χ2n) is 7.18. The summed E-state index contributed by atoms with van der Waals surface area (Å²) in [4.78, 5) is 24.2. The summed E-state index contributed by atoms with van der Waals surface area (Å²) < 4.78 is 6.90. The first-order valence-electron chi connectivity index (χ1n) is 9.46. The molecule has 5 atom stereocenters. The van der Waals surface area contributed by atoms with E-state index in [9.17, 15) is 30.3 Å². The topological polar surface area (TPSA) is 183 Å². The lowest BCUT2D eigenvalue weighted by atomic mass is 10.1. The van der Waals surface area contributed by atoms with Crippen LogP contribution < -0.4 is 5.32 Å². The molecular weight excluding hydrogens is 410 g/mol. The highest BCUT2D eigenvalue weighted by atomic mass is 16.6. The molecule has 0 aliphatic carbocycles. The van der Waals surface area contributed by atoms with Gasteiger partial charge < -0.3 is 35.6 Å². The highest BCUT2D eigenvalue weighted by Gasteiger charge is 2.44. The summed E-state index contributed by atoms with van der Waals surface area (Å²) in [6, 6.07) is 5.15. The number of hydrogen-bond donors (Lipinski definition) is 6. The van der Waals surface area contributed by atoms with Crippen molar-refractivity contribution in [1.82, 2.24) is 19.5 Å². The molecule has 6 N–H and O–H groups in total. The number of carboxylic acids is 1. The van der Waals surface area contributed by atoms with E-state index in [4.69, 9.17) is 4.74 Å². The third-order valence-corrected chi connectivity index (χ3v) is 5.14. The molecule has 4 rings (SSSR count). The van der Waals surface area contributed by atoms with Crippen molar-refractivity contribution in [2.24, 2.45) is 0 Å². The number of carboxylic acid groups (broad SMARTS) is 1. The average molecular weight is 431 g/mol. The second-order valence-corrected chi connectivity index (χ2v) is 7.18. The standard InChI is InChI=1S/C19H21N5O7/c25-6-12-14(27)15(28)18(31-12)24-8-22-13-16(20-7-21-17(13)24)23-11(19(29)30)5-9-1-3-10(26)4-2-9/h1-4,7-8,11-12,14-15,18,25-28H,5-6H2,(H,29,30)(H,20,21,23)/t11-,12+,14?,15-,18+/m0/s1. The summed E-state index contributed by atoms with van der Waals surface area (Å²) in [6.07, 6.45) is -1.93. The third kappa shape index (κ3) is 4.01. The van der Waals surface area contributed by atoms with Crippen molar-refractivity contribution >= 4 is 23.0 Å². The van der Waals surface area contributed by atoms with Gasteiger partial charge in [-0.15, -0.1) is 0 Å². The minimum absolute atomic E-state index is 0.0801. The highest BCUT2D eigenvalue weighted by molar-refractivity contribution is 5.86. The lowest BCUT2D eigenvalue weighted by molar-refractivity contribution is -0.137. The minimum Gasteiger partial charge on any atom is -0.508 e. The summed E-state index contributed by atoms with van der Waals surface area (Å²) in [7, 11) is 0. The number of fused-ring (bicyclic) bond motifs is 1. The Labute approximate surface area is 175 Å². The molecule has 12 heteroatoms. The molecule has 3 heterocycles. The number of carbonyl (C=O) groups is 1. The zero-order chi connectivity index (χ0) is 22.1. The molecule has 164 valence electrons. The van der Waals surface area contributed by atoms with Gasteiger partial charge >= 0.3 is 5.97 Å². The van der Waals surface area contributed by atoms with E-state index in [0.717, 1.165) is 0 Å². The molecule has 1 aliphatic rings.